The number of anilines is 1. The van der Waals surface area contributed by atoms with Gasteiger partial charge in [0.2, 0.25) is 0 Å². The summed E-state index contributed by atoms with van der Waals surface area (Å²) in [6, 6.07) is 10.5. The van der Waals surface area contributed by atoms with Crippen LogP contribution in [0.15, 0.2) is 46.4 Å². The number of phenols is 1. The zero-order chi connectivity index (χ0) is 18.8. The van der Waals surface area contributed by atoms with Gasteiger partial charge in [-0.3, -0.25) is 15.0 Å². The molecule has 134 valence electrons. The number of nitrogens with zero attached hydrogens (tertiary/aromatic N) is 1. The van der Waals surface area contributed by atoms with Crippen molar-refractivity contribution >= 4 is 39.5 Å². The van der Waals surface area contributed by atoms with E-state index in [1.807, 2.05) is 25.1 Å². The maximum atomic E-state index is 12.7. The second kappa shape index (κ2) is 7.21. The van der Waals surface area contributed by atoms with E-state index in [1.165, 1.54) is 11.1 Å². The molecule has 7 heteroatoms. The first-order chi connectivity index (χ1) is 12.4. The predicted octanol–water partition coefficient (Wildman–Crippen LogP) is 3.32. The number of amides is 2. The van der Waals surface area contributed by atoms with E-state index in [0.29, 0.717) is 22.3 Å². The van der Waals surface area contributed by atoms with Crippen molar-refractivity contribution in [2.45, 2.75) is 13.8 Å². The van der Waals surface area contributed by atoms with Gasteiger partial charge >= 0.3 is 0 Å². The monoisotopic (exact) mass is 416 g/mol. The SMILES string of the molecule is CCOc1cc(/C=C2\C(=O)NN(c3cccc(C)c3)C2=O)cc(Br)c1O. The number of hydrogen-bond acceptors (Lipinski definition) is 4. The summed E-state index contributed by atoms with van der Waals surface area (Å²) in [6.45, 7) is 4.08. The van der Waals surface area contributed by atoms with Crippen LogP contribution in [0.3, 0.4) is 0 Å². The molecule has 0 radical (unpaired) electrons. The van der Waals surface area contributed by atoms with Crippen molar-refractivity contribution in [2.24, 2.45) is 0 Å². The Hall–Kier alpha value is -2.80. The van der Waals surface area contributed by atoms with E-state index < -0.39 is 11.8 Å². The molecule has 2 aromatic rings. The molecule has 1 aliphatic heterocycles. The molecule has 1 saturated heterocycles. The number of phenolic OH excluding ortho intramolecular Hbond substituents is 1. The summed E-state index contributed by atoms with van der Waals surface area (Å²) in [5, 5.41) is 11.2. The van der Waals surface area contributed by atoms with Gasteiger partial charge in [-0.25, -0.2) is 5.01 Å². The molecule has 0 aliphatic carbocycles. The largest absolute Gasteiger partial charge is 0.503 e. The van der Waals surface area contributed by atoms with Crippen LogP contribution in [0, 0.1) is 6.92 Å². The third-order valence-corrected chi connectivity index (χ3v) is 4.42. The van der Waals surface area contributed by atoms with Crippen LogP contribution in [-0.2, 0) is 9.59 Å². The Balaban J connectivity index is 1.97. The highest BCUT2D eigenvalue weighted by Gasteiger charge is 2.34. The van der Waals surface area contributed by atoms with E-state index in [1.54, 1.807) is 25.1 Å². The summed E-state index contributed by atoms with van der Waals surface area (Å²) in [5.74, 6) is -0.686. The number of halogens is 1. The third-order valence-electron chi connectivity index (χ3n) is 3.81. The smallest absolute Gasteiger partial charge is 0.282 e. The summed E-state index contributed by atoms with van der Waals surface area (Å²) in [5.41, 5.74) is 4.70. The van der Waals surface area contributed by atoms with E-state index in [-0.39, 0.29) is 17.1 Å². The summed E-state index contributed by atoms with van der Waals surface area (Å²) in [6.07, 6.45) is 1.47. The lowest BCUT2D eigenvalue weighted by atomic mass is 10.1. The molecule has 1 heterocycles. The lowest BCUT2D eigenvalue weighted by Gasteiger charge is -2.14. The van der Waals surface area contributed by atoms with E-state index >= 15 is 0 Å². The zero-order valence-corrected chi connectivity index (χ0v) is 15.8. The Bertz CT molecular complexity index is 924. The van der Waals surface area contributed by atoms with Crippen LogP contribution in [0.1, 0.15) is 18.1 Å². The number of carbonyl (C=O) groups excluding carboxylic acids is 2. The molecule has 1 fully saturated rings. The van der Waals surface area contributed by atoms with Gasteiger partial charge in [0.05, 0.1) is 16.8 Å². The molecule has 2 aromatic carbocycles. The van der Waals surface area contributed by atoms with Gasteiger partial charge in [-0.05, 0) is 71.2 Å². The first-order valence-electron chi connectivity index (χ1n) is 7.99. The maximum absolute atomic E-state index is 12.7. The zero-order valence-electron chi connectivity index (χ0n) is 14.2. The molecule has 0 unspecified atom stereocenters. The van der Waals surface area contributed by atoms with Crippen molar-refractivity contribution in [3.63, 3.8) is 0 Å². The van der Waals surface area contributed by atoms with Gasteiger partial charge in [0, 0.05) is 0 Å². The maximum Gasteiger partial charge on any atom is 0.282 e. The number of ether oxygens (including phenoxy) is 1. The van der Waals surface area contributed by atoms with Crippen molar-refractivity contribution in [1.29, 1.82) is 0 Å². The molecular formula is C19H17BrN2O4. The highest BCUT2D eigenvalue weighted by molar-refractivity contribution is 9.10. The number of hydrazine groups is 1. The highest BCUT2D eigenvalue weighted by atomic mass is 79.9. The molecule has 0 spiro atoms. The molecule has 3 rings (SSSR count). The Morgan fingerprint density at radius 1 is 1.27 bits per heavy atom. The third kappa shape index (κ3) is 3.43. The van der Waals surface area contributed by atoms with Crippen molar-refractivity contribution in [1.82, 2.24) is 5.43 Å². The summed E-state index contributed by atoms with van der Waals surface area (Å²) < 4.78 is 5.79. The van der Waals surface area contributed by atoms with Gasteiger partial charge in [-0.2, -0.15) is 0 Å². The predicted molar refractivity (Wildman–Crippen MR) is 102 cm³/mol. The number of rotatable bonds is 4. The summed E-state index contributed by atoms with van der Waals surface area (Å²) >= 11 is 3.25. The van der Waals surface area contributed by atoms with Crippen LogP contribution in [0.4, 0.5) is 5.69 Å². The topological polar surface area (TPSA) is 78.9 Å². The van der Waals surface area contributed by atoms with Crippen molar-refractivity contribution in [3.05, 3.63) is 57.6 Å². The lowest BCUT2D eigenvalue weighted by Crippen LogP contribution is -2.35. The van der Waals surface area contributed by atoms with Crippen LogP contribution in [0.5, 0.6) is 11.5 Å². The molecular weight excluding hydrogens is 400 g/mol. The highest BCUT2D eigenvalue weighted by Crippen LogP contribution is 2.36. The molecule has 2 amide bonds. The number of benzene rings is 2. The molecule has 6 nitrogen and oxygen atoms in total. The molecule has 26 heavy (non-hydrogen) atoms. The van der Waals surface area contributed by atoms with Crippen molar-refractivity contribution in [3.8, 4) is 11.5 Å². The van der Waals surface area contributed by atoms with Gasteiger partial charge in [0.25, 0.3) is 11.8 Å². The fourth-order valence-electron chi connectivity index (χ4n) is 2.62. The molecule has 0 saturated carbocycles. The van der Waals surface area contributed by atoms with Crippen LogP contribution in [0.2, 0.25) is 0 Å². The first kappa shape index (κ1) is 18.0. The van der Waals surface area contributed by atoms with Gasteiger partial charge in [-0.15, -0.1) is 0 Å². The standard InChI is InChI=1S/C19H17BrN2O4/c1-3-26-16-10-12(9-15(20)17(16)23)8-14-18(24)21-22(19(14)25)13-6-4-5-11(2)7-13/h4-10,23H,3H2,1-2H3,(H,21,24)/b14-8+. The van der Waals surface area contributed by atoms with Crippen LogP contribution < -0.4 is 15.2 Å². The number of carbonyl (C=O) groups is 2. The van der Waals surface area contributed by atoms with E-state index in [0.717, 1.165) is 5.56 Å². The van der Waals surface area contributed by atoms with Gasteiger partial charge < -0.3 is 9.84 Å². The average Bonchev–Trinajstić information content (AvgIpc) is 2.87. The molecule has 0 aromatic heterocycles. The van der Waals surface area contributed by atoms with Crippen LogP contribution in [-0.4, -0.2) is 23.5 Å². The minimum absolute atomic E-state index is 0.00606. The van der Waals surface area contributed by atoms with Crippen LogP contribution in [0.25, 0.3) is 6.08 Å². The van der Waals surface area contributed by atoms with E-state index in [2.05, 4.69) is 21.4 Å². The fraction of sp³-hybridized carbons (Fsp3) is 0.158. The minimum atomic E-state index is -0.487. The van der Waals surface area contributed by atoms with Gasteiger partial charge in [0.15, 0.2) is 11.5 Å². The number of nitrogens with one attached hydrogen (secondary N) is 1. The van der Waals surface area contributed by atoms with E-state index in [4.69, 9.17) is 4.74 Å². The summed E-state index contributed by atoms with van der Waals surface area (Å²) in [4.78, 5) is 25.0. The van der Waals surface area contributed by atoms with Crippen LogP contribution >= 0.6 is 15.9 Å². The van der Waals surface area contributed by atoms with Gasteiger partial charge in [-0.1, -0.05) is 12.1 Å². The Labute approximate surface area is 159 Å². The average molecular weight is 417 g/mol. The number of aryl methyl sites for hydroxylation is 1. The Kier molecular flexibility index (Phi) is 4.99. The van der Waals surface area contributed by atoms with E-state index in [9.17, 15) is 14.7 Å². The second-order valence-electron chi connectivity index (χ2n) is 5.76. The molecule has 2 N–H and O–H groups in total. The number of hydrogen-bond donors (Lipinski definition) is 2. The van der Waals surface area contributed by atoms with Crippen molar-refractivity contribution < 1.29 is 19.4 Å². The first-order valence-corrected chi connectivity index (χ1v) is 8.79. The quantitative estimate of drug-likeness (QED) is 0.591. The minimum Gasteiger partial charge on any atom is -0.503 e. The number of aromatic hydroxyl groups is 1. The fourth-order valence-corrected chi connectivity index (χ4v) is 3.08. The van der Waals surface area contributed by atoms with Crippen molar-refractivity contribution in [2.75, 3.05) is 11.6 Å². The lowest BCUT2D eigenvalue weighted by molar-refractivity contribution is -0.117. The second-order valence-corrected chi connectivity index (χ2v) is 6.62. The van der Waals surface area contributed by atoms with Gasteiger partial charge in [0.1, 0.15) is 5.57 Å². The Morgan fingerprint density at radius 2 is 2.04 bits per heavy atom. The molecule has 1 aliphatic rings. The Morgan fingerprint density at radius 3 is 2.73 bits per heavy atom. The molecule has 0 atom stereocenters. The summed E-state index contributed by atoms with van der Waals surface area (Å²) in [7, 11) is 0. The molecule has 0 bridgehead atoms. The normalized spacial score (nSPS) is 15.5.